The Morgan fingerprint density at radius 3 is 2.35 bits per heavy atom. The summed E-state index contributed by atoms with van der Waals surface area (Å²) in [5.74, 6) is 0. The van der Waals surface area contributed by atoms with E-state index in [4.69, 9.17) is 6.85 Å². The monoisotopic (exact) mass is 224 g/mol. The summed E-state index contributed by atoms with van der Waals surface area (Å²) >= 11 is 0. The van der Waals surface area contributed by atoms with Gasteiger partial charge in [-0.1, -0.05) is 48.5 Å². The summed E-state index contributed by atoms with van der Waals surface area (Å²) in [6.45, 7) is 0. The van der Waals surface area contributed by atoms with E-state index in [-0.39, 0.29) is 35.9 Å². The number of nitrogens with one attached hydrogen (secondary N) is 1. The third-order valence-corrected chi connectivity index (χ3v) is 2.52. The van der Waals surface area contributed by atoms with Crippen molar-refractivity contribution in [3.63, 3.8) is 0 Å². The van der Waals surface area contributed by atoms with Crippen molar-refractivity contribution in [3.8, 4) is 0 Å². The molecule has 0 saturated carbocycles. The fraction of sp³-hybridized carbons (Fsp3) is 0. The van der Waals surface area contributed by atoms with Crippen LogP contribution in [-0.4, -0.2) is 0 Å². The molecule has 0 fully saturated rings. The molecule has 0 atom stereocenters. The summed E-state index contributed by atoms with van der Waals surface area (Å²) in [7, 11) is 0. The van der Waals surface area contributed by atoms with Gasteiger partial charge < -0.3 is 5.32 Å². The van der Waals surface area contributed by atoms with Crippen LogP contribution < -0.4 is 5.32 Å². The Hall–Kier alpha value is -2.28. The van der Waals surface area contributed by atoms with E-state index in [0.717, 1.165) is 10.8 Å². The van der Waals surface area contributed by atoms with Crippen molar-refractivity contribution in [1.29, 1.82) is 0 Å². The quantitative estimate of drug-likeness (QED) is 0.671. The summed E-state index contributed by atoms with van der Waals surface area (Å²) < 4.78 is 38.8. The van der Waals surface area contributed by atoms with Crippen LogP contribution in [0.3, 0.4) is 0 Å². The van der Waals surface area contributed by atoms with E-state index in [1.165, 1.54) is 0 Å². The van der Waals surface area contributed by atoms with Gasteiger partial charge in [0.25, 0.3) is 0 Å². The molecule has 0 heterocycles. The van der Waals surface area contributed by atoms with Gasteiger partial charge in [0, 0.05) is 11.4 Å². The summed E-state index contributed by atoms with van der Waals surface area (Å²) in [5.41, 5.74) is 0.763. The van der Waals surface area contributed by atoms with E-state index in [2.05, 4.69) is 5.32 Å². The van der Waals surface area contributed by atoms with Crippen LogP contribution in [0.5, 0.6) is 0 Å². The van der Waals surface area contributed by atoms with Crippen molar-refractivity contribution in [3.05, 3.63) is 72.7 Å². The minimum Gasteiger partial charge on any atom is -0.356 e. The molecular weight excluding hydrogens is 206 g/mol. The fourth-order valence-electron chi connectivity index (χ4n) is 1.72. The zero-order chi connectivity index (χ0) is 15.9. The number of hydrogen-bond acceptors (Lipinski definition) is 1. The molecule has 0 aliphatic carbocycles. The van der Waals surface area contributed by atoms with Crippen LogP contribution in [0.15, 0.2) is 72.7 Å². The first-order valence-corrected chi connectivity index (χ1v) is 5.32. The minimum atomic E-state index is -0.390. The van der Waals surface area contributed by atoms with Crippen molar-refractivity contribution in [1.82, 2.24) is 0 Å². The predicted molar refractivity (Wildman–Crippen MR) is 73.7 cm³/mol. The first-order chi connectivity index (χ1) is 10.5. The zero-order valence-corrected chi connectivity index (χ0v) is 9.04. The van der Waals surface area contributed by atoms with Gasteiger partial charge in [-0.15, -0.1) is 0 Å². The smallest absolute Gasteiger partial charge is 0.0645 e. The molecule has 0 spiro atoms. The first kappa shape index (κ1) is 5.87. The molecule has 3 rings (SSSR count). The molecule has 3 aromatic rings. The Morgan fingerprint density at radius 1 is 0.765 bits per heavy atom. The van der Waals surface area contributed by atoms with E-state index in [9.17, 15) is 0 Å². The zero-order valence-electron chi connectivity index (χ0n) is 14.0. The van der Waals surface area contributed by atoms with Crippen LogP contribution in [0.2, 0.25) is 0 Å². The molecule has 82 valence electrons. The molecular formula is C16H13N. The third-order valence-electron chi connectivity index (χ3n) is 2.52. The van der Waals surface area contributed by atoms with E-state index in [1.54, 1.807) is 0 Å². The highest BCUT2D eigenvalue weighted by Crippen LogP contribution is 2.21. The van der Waals surface area contributed by atoms with Gasteiger partial charge in [0.2, 0.25) is 0 Å². The average molecular weight is 224 g/mol. The first-order valence-electron chi connectivity index (χ1n) is 7.82. The van der Waals surface area contributed by atoms with Crippen molar-refractivity contribution < 1.29 is 6.85 Å². The maximum atomic E-state index is 7.91. The summed E-state index contributed by atoms with van der Waals surface area (Å²) in [6.07, 6.45) is 0. The number of hydrogen-bond donors (Lipinski definition) is 1. The predicted octanol–water partition coefficient (Wildman–Crippen LogP) is 4.58. The highest BCUT2D eigenvalue weighted by Gasteiger charge is 1.96. The molecule has 3 aromatic carbocycles. The Kier molecular flexibility index (Phi) is 1.49. The van der Waals surface area contributed by atoms with Crippen LogP contribution in [0.4, 0.5) is 11.4 Å². The van der Waals surface area contributed by atoms with Gasteiger partial charge in [-0.3, -0.25) is 0 Å². The lowest BCUT2D eigenvalue weighted by Gasteiger charge is -2.07. The maximum Gasteiger partial charge on any atom is 0.0645 e. The molecule has 1 nitrogen and oxygen atoms in total. The molecule has 0 bridgehead atoms. The van der Waals surface area contributed by atoms with Gasteiger partial charge in [0.05, 0.1) is 6.85 Å². The van der Waals surface area contributed by atoms with Crippen molar-refractivity contribution in [2.75, 3.05) is 5.32 Å². The molecule has 0 saturated heterocycles. The van der Waals surface area contributed by atoms with Crippen molar-refractivity contribution in [2.24, 2.45) is 0 Å². The summed E-state index contributed by atoms with van der Waals surface area (Å²) in [5, 5.41) is 5.03. The van der Waals surface area contributed by atoms with Gasteiger partial charge in [-0.2, -0.15) is 0 Å². The van der Waals surface area contributed by atoms with Crippen LogP contribution in [0, 0.1) is 0 Å². The van der Waals surface area contributed by atoms with Gasteiger partial charge in [0.15, 0.2) is 0 Å². The van der Waals surface area contributed by atoms with Crippen LogP contribution in [0.25, 0.3) is 10.8 Å². The van der Waals surface area contributed by atoms with Gasteiger partial charge in [-0.25, -0.2) is 0 Å². The average Bonchev–Trinajstić information content (AvgIpc) is 2.55. The Labute approximate surface area is 108 Å². The topological polar surface area (TPSA) is 12.0 Å². The summed E-state index contributed by atoms with van der Waals surface area (Å²) in [6, 6.07) is 11.9. The number of fused-ring (bicyclic) bond motifs is 1. The minimum absolute atomic E-state index is 0.0845. The number of anilines is 2. The second kappa shape index (κ2) is 4.30. The summed E-state index contributed by atoms with van der Waals surface area (Å²) in [4.78, 5) is 0. The SMILES string of the molecule is [2H]c1c([2H])c([2H])c(Nc2ccc3ccccc3c2)c([2H])c1[2H]. The molecule has 0 amide bonds. The van der Waals surface area contributed by atoms with Crippen molar-refractivity contribution >= 4 is 22.1 Å². The van der Waals surface area contributed by atoms with Crippen molar-refractivity contribution in [2.45, 2.75) is 0 Å². The van der Waals surface area contributed by atoms with E-state index < -0.39 is 0 Å². The van der Waals surface area contributed by atoms with Crippen LogP contribution in [0.1, 0.15) is 6.85 Å². The molecule has 1 heteroatoms. The molecule has 0 unspecified atom stereocenters. The molecule has 0 radical (unpaired) electrons. The maximum absolute atomic E-state index is 7.91. The Balaban J connectivity index is 2.08. The van der Waals surface area contributed by atoms with Gasteiger partial charge >= 0.3 is 0 Å². The normalized spacial score (nSPS) is 14.5. The lowest BCUT2D eigenvalue weighted by atomic mass is 10.1. The second-order valence-electron chi connectivity index (χ2n) is 3.69. The molecule has 0 aliphatic rings. The highest BCUT2D eigenvalue weighted by atomic mass is 14.9. The largest absolute Gasteiger partial charge is 0.356 e. The number of para-hydroxylation sites is 1. The van der Waals surface area contributed by atoms with Gasteiger partial charge in [0.1, 0.15) is 0 Å². The number of rotatable bonds is 2. The molecule has 17 heavy (non-hydrogen) atoms. The van der Waals surface area contributed by atoms with E-state index in [0.29, 0.717) is 5.69 Å². The third kappa shape index (κ3) is 2.13. The van der Waals surface area contributed by atoms with Crippen LogP contribution >= 0.6 is 0 Å². The lowest BCUT2D eigenvalue weighted by Crippen LogP contribution is -1.89. The lowest BCUT2D eigenvalue weighted by molar-refractivity contribution is 1.57. The van der Waals surface area contributed by atoms with E-state index in [1.807, 2.05) is 42.5 Å². The van der Waals surface area contributed by atoms with Gasteiger partial charge in [-0.05, 0) is 35.0 Å². The number of benzene rings is 3. The molecule has 0 aliphatic heterocycles. The molecule has 1 N–H and O–H groups in total. The second-order valence-corrected chi connectivity index (χ2v) is 3.69. The Bertz CT molecular complexity index is 847. The standard InChI is InChI=1S/C16H13N/c1-2-8-15(9-3-1)17-16-11-10-13-6-4-5-7-14(13)12-16/h1-12,17H/i1D,2D,3D,8D,9D. The Morgan fingerprint density at radius 2 is 1.53 bits per heavy atom. The van der Waals surface area contributed by atoms with Crippen LogP contribution in [-0.2, 0) is 0 Å². The van der Waals surface area contributed by atoms with E-state index >= 15 is 0 Å². The fourth-order valence-corrected chi connectivity index (χ4v) is 1.72. The molecule has 0 aromatic heterocycles. The highest BCUT2D eigenvalue weighted by molar-refractivity contribution is 5.86.